The highest BCUT2D eigenvalue weighted by molar-refractivity contribution is 7.20. The molecular formula is C12H16N4O2S. The van der Waals surface area contributed by atoms with Gasteiger partial charge >= 0.3 is 0 Å². The van der Waals surface area contributed by atoms with Crippen molar-refractivity contribution in [2.75, 3.05) is 24.6 Å². The predicted octanol–water partition coefficient (Wildman–Crippen LogP) is 0.938. The number of ether oxygens (including phenoxy) is 1. The average molecular weight is 280 g/mol. The van der Waals surface area contributed by atoms with Crippen LogP contribution >= 0.6 is 11.3 Å². The predicted molar refractivity (Wildman–Crippen MR) is 74.1 cm³/mol. The van der Waals surface area contributed by atoms with Gasteiger partial charge in [-0.25, -0.2) is 4.98 Å². The van der Waals surface area contributed by atoms with E-state index in [9.17, 15) is 4.79 Å². The summed E-state index contributed by atoms with van der Waals surface area (Å²) in [6.45, 7) is 6.33. The van der Waals surface area contributed by atoms with Crippen molar-refractivity contribution < 1.29 is 4.74 Å². The number of aryl methyl sites for hydroxylation is 1. The molecule has 1 fully saturated rings. The molecule has 2 aromatic heterocycles. The molecule has 0 radical (unpaired) electrons. The molecule has 6 nitrogen and oxygen atoms in total. The van der Waals surface area contributed by atoms with Gasteiger partial charge in [-0.3, -0.25) is 4.79 Å². The molecule has 0 amide bonds. The number of rotatable bonds is 2. The van der Waals surface area contributed by atoms with Crippen LogP contribution in [0.15, 0.2) is 10.9 Å². The molecule has 102 valence electrons. The highest BCUT2D eigenvalue weighted by Crippen LogP contribution is 2.23. The number of hydrogen-bond donors (Lipinski definition) is 0. The third kappa shape index (κ3) is 2.35. The van der Waals surface area contributed by atoms with Crippen molar-refractivity contribution in [3.05, 3.63) is 22.1 Å². The maximum Gasteiger partial charge on any atom is 0.275 e. The first-order chi connectivity index (χ1) is 9.17. The number of fused-ring (bicyclic) bond motifs is 1. The van der Waals surface area contributed by atoms with E-state index >= 15 is 0 Å². The second-order valence-corrected chi connectivity index (χ2v) is 5.58. The van der Waals surface area contributed by atoms with E-state index in [1.165, 1.54) is 15.9 Å². The van der Waals surface area contributed by atoms with E-state index in [4.69, 9.17) is 4.74 Å². The summed E-state index contributed by atoms with van der Waals surface area (Å²) in [5.74, 6) is 0. The van der Waals surface area contributed by atoms with Gasteiger partial charge in [-0.2, -0.15) is 4.52 Å². The lowest BCUT2D eigenvalue weighted by Gasteiger charge is -2.30. The second-order valence-electron chi connectivity index (χ2n) is 4.65. The fourth-order valence-electron chi connectivity index (χ4n) is 2.15. The summed E-state index contributed by atoms with van der Waals surface area (Å²) in [4.78, 5) is 19.2. The quantitative estimate of drug-likeness (QED) is 0.819. The Kier molecular flexibility index (Phi) is 3.24. The summed E-state index contributed by atoms with van der Waals surface area (Å²) in [6, 6.07) is 1.55. The third-order valence-corrected chi connectivity index (χ3v) is 4.13. The average Bonchev–Trinajstić information content (AvgIpc) is 2.83. The molecule has 2 aromatic rings. The Labute approximate surface area is 114 Å². The number of aromatic nitrogens is 3. The zero-order chi connectivity index (χ0) is 13.4. The molecule has 1 atom stereocenters. The number of anilines is 1. The van der Waals surface area contributed by atoms with Crippen LogP contribution < -0.4 is 10.5 Å². The first-order valence-corrected chi connectivity index (χ1v) is 7.25. The molecule has 0 aromatic carbocycles. The summed E-state index contributed by atoms with van der Waals surface area (Å²) in [6.07, 6.45) is 0.949. The van der Waals surface area contributed by atoms with E-state index in [1.807, 2.05) is 13.8 Å². The maximum atomic E-state index is 11.9. The molecule has 0 spiro atoms. The fourth-order valence-corrected chi connectivity index (χ4v) is 3.11. The van der Waals surface area contributed by atoms with Crippen molar-refractivity contribution in [1.82, 2.24) is 14.6 Å². The van der Waals surface area contributed by atoms with E-state index in [-0.39, 0.29) is 11.7 Å². The minimum Gasteiger partial charge on any atom is -0.375 e. The lowest BCUT2D eigenvalue weighted by molar-refractivity contribution is 0.0531. The molecule has 0 aliphatic carbocycles. The van der Waals surface area contributed by atoms with E-state index in [0.29, 0.717) is 11.6 Å². The maximum absolute atomic E-state index is 11.9. The lowest BCUT2D eigenvalue weighted by atomic mass is 10.3. The van der Waals surface area contributed by atoms with Crippen LogP contribution in [0, 0.1) is 0 Å². The molecule has 1 unspecified atom stereocenters. The van der Waals surface area contributed by atoms with Crippen molar-refractivity contribution in [3.63, 3.8) is 0 Å². The normalized spacial score (nSPS) is 20.1. The summed E-state index contributed by atoms with van der Waals surface area (Å²) in [5.41, 5.74) is 0.709. The lowest BCUT2D eigenvalue weighted by Crippen LogP contribution is -2.41. The van der Waals surface area contributed by atoms with Gasteiger partial charge in [0.15, 0.2) is 0 Å². The largest absolute Gasteiger partial charge is 0.375 e. The van der Waals surface area contributed by atoms with E-state index in [1.54, 1.807) is 6.07 Å². The SMILES string of the molecule is CCc1cc(=O)n2nc(N3CCOC(C)C3)sc2n1. The van der Waals surface area contributed by atoms with Gasteiger partial charge in [0, 0.05) is 24.8 Å². The standard InChI is InChI=1S/C12H16N4O2S/c1-3-9-6-10(17)16-11(13-9)19-12(14-16)15-4-5-18-8(2)7-15/h6,8H,3-5,7H2,1-2H3. The second kappa shape index (κ2) is 4.90. The van der Waals surface area contributed by atoms with E-state index in [0.717, 1.165) is 30.3 Å². The Morgan fingerprint density at radius 1 is 1.58 bits per heavy atom. The van der Waals surface area contributed by atoms with Crippen LogP contribution in [0.2, 0.25) is 0 Å². The third-order valence-electron chi connectivity index (χ3n) is 3.16. The smallest absolute Gasteiger partial charge is 0.275 e. The Morgan fingerprint density at radius 3 is 3.16 bits per heavy atom. The summed E-state index contributed by atoms with van der Waals surface area (Å²) >= 11 is 1.46. The van der Waals surface area contributed by atoms with Gasteiger partial charge in [-0.1, -0.05) is 18.3 Å². The van der Waals surface area contributed by atoms with Crippen LogP contribution in [0.25, 0.3) is 4.96 Å². The van der Waals surface area contributed by atoms with E-state index < -0.39 is 0 Å². The Bertz CT molecular complexity index is 651. The van der Waals surface area contributed by atoms with Crippen LogP contribution in [0.5, 0.6) is 0 Å². The molecular weight excluding hydrogens is 264 g/mol. The van der Waals surface area contributed by atoms with Crippen LogP contribution in [0.3, 0.4) is 0 Å². The highest BCUT2D eigenvalue weighted by atomic mass is 32.1. The zero-order valence-corrected chi connectivity index (χ0v) is 11.8. The fraction of sp³-hybridized carbons (Fsp3) is 0.583. The number of morpholine rings is 1. The van der Waals surface area contributed by atoms with Crippen molar-refractivity contribution in [2.24, 2.45) is 0 Å². The topological polar surface area (TPSA) is 59.7 Å². The highest BCUT2D eigenvalue weighted by Gasteiger charge is 2.20. The minimum atomic E-state index is -0.106. The minimum absolute atomic E-state index is 0.106. The molecule has 1 aliphatic heterocycles. The van der Waals surface area contributed by atoms with Crippen molar-refractivity contribution in [2.45, 2.75) is 26.4 Å². The van der Waals surface area contributed by atoms with Crippen LogP contribution in [-0.2, 0) is 11.2 Å². The van der Waals surface area contributed by atoms with Crippen molar-refractivity contribution >= 4 is 21.4 Å². The molecule has 1 aliphatic rings. The van der Waals surface area contributed by atoms with Crippen molar-refractivity contribution in [1.29, 1.82) is 0 Å². The van der Waals surface area contributed by atoms with Crippen LogP contribution in [0.4, 0.5) is 5.13 Å². The van der Waals surface area contributed by atoms with E-state index in [2.05, 4.69) is 15.0 Å². The first-order valence-electron chi connectivity index (χ1n) is 6.43. The van der Waals surface area contributed by atoms with Crippen LogP contribution in [0.1, 0.15) is 19.5 Å². The zero-order valence-electron chi connectivity index (χ0n) is 11.0. The van der Waals surface area contributed by atoms with Gasteiger partial charge in [0.25, 0.3) is 5.56 Å². The van der Waals surface area contributed by atoms with Crippen LogP contribution in [-0.4, -0.2) is 40.4 Å². The Balaban J connectivity index is 2.01. The summed E-state index contributed by atoms with van der Waals surface area (Å²) < 4.78 is 6.90. The van der Waals surface area contributed by atoms with Gasteiger partial charge in [0.1, 0.15) is 0 Å². The van der Waals surface area contributed by atoms with Gasteiger partial charge in [-0.15, -0.1) is 5.10 Å². The van der Waals surface area contributed by atoms with Gasteiger partial charge in [0.05, 0.1) is 12.7 Å². The summed E-state index contributed by atoms with van der Waals surface area (Å²) in [7, 11) is 0. The molecule has 0 N–H and O–H groups in total. The molecule has 7 heteroatoms. The first kappa shape index (κ1) is 12.6. The number of nitrogens with zero attached hydrogens (tertiary/aromatic N) is 4. The van der Waals surface area contributed by atoms with Gasteiger partial charge in [0.2, 0.25) is 10.1 Å². The Hall–Kier alpha value is -1.47. The molecule has 3 heterocycles. The monoisotopic (exact) mass is 280 g/mol. The summed E-state index contributed by atoms with van der Waals surface area (Å²) in [5, 5.41) is 5.22. The molecule has 1 saturated heterocycles. The molecule has 3 rings (SSSR count). The van der Waals surface area contributed by atoms with Crippen molar-refractivity contribution in [3.8, 4) is 0 Å². The molecule has 0 bridgehead atoms. The molecule has 0 saturated carbocycles. The molecule has 19 heavy (non-hydrogen) atoms. The number of hydrogen-bond acceptors (Lipinski definition) is 6. The van der Waals surface area contributed by atoms with Gasteiger partial charge < -0.3 is 9.64 Å². The Morgan fingerprint density at radius 2 is 2.42 bits per heavy atom. The van der Waals surface area contributed by atoms with Gasteiger partial charge in [-0.05, 0) is 13.3 Å².